The fourth-order valence-electron chi connectivity index (χ4n) is 2.71. The molecule has 0 saturated carbocycles. The van der Waals surface area contributed by atoms with Gasteiger partial charge in [-0.25, -0.2) is 4.98 Å². The van der Waals surface area contributed by atoms with E-state index in [1.54, 1.807) is 6.20 Å². The van der Waals surface area contributed by atoms with E-state index in [1.807, 2.05) is 17.8 Å². The van der Waals surface area contributed by atoms with E-state index in [4.69, 9.17) is 0 Å². The Labute approximate surface area is 110 Å². The lowest BCUT2D eigenvalue weighted by Crippen LogP contribution is -2.45. The van der Waals surface area contributed by atoms with Gasteiger partial charge in [-0.05, 0) is 18.8 Å². The van der Waals surface area contributed by atoms with Crippen molar-refractivity contribution in [1.82, 2.24) is 14.5 Å². The van der Waals surface area contributed by atoms with Gasteiger partial charge >= 0.3 is 0 Å². The summed E-state index contributed by atoms with van der Waals surface area (Å²) < 4.78 is 1.93. The monoisotopic (exact) mass is 251 g/mol. The van der Waals surface area contributed by atoms with E-state index in [2.05, 4.69) is 23.7 Å². The molecule has 1 saturated heterocycles. The first-order chi connectivity index (χ1) is 8.55. The van der Waals surface area contributed by atoms with Gasteiger partial charge in [-0.2, -0.15) is 0 Å². The highest BCUT2D eigenvalue weighted by Crippen LogP contribution is 2.31. The molecule has 4 nitrogen and oxygen atoms in total. The summed E-state index contributed by atoms with van der Waals surface area (Å²) in [5.41, 5.74) is -0.732. The third kappa shape index (κ3) is 2.75. The smallest absolute Gasteiger partial charge is 0.140 e. The van der Waals surface area contributed by atoms with Crippen LogP contribution in [0.3, 0.4) is 0 Å². The number of imidazole rings is 1. The molecule has 4 heteroatoms. The van der Waals surface area contributed by atoms with Crippen molar-refractivity contribution in [3.05, 3.63) is 18.2 Å². The van der Waals surface area contributed by atoms with Crippen molar-refractivity contribution in [2.45, 2.75) is 38.7 Å². The predicted octanol–water partition coefficient (Wildman–Crippen LogP) is 1.75. The van der Waals surface area contributed by atoms with Crippen molar-refractivity contribution in [1.29, 1.82) is 0 Å². The van der Waals surface area contributed by atoms with Gasteiger partial charge in [-0.3, -0.25) is 0 Å². The highest BCUT2D eigenvalue weighted by Gasteiger charge is 2.37. The number of rotatable bonds is 4. The van der Waals surface area contributed by atoms with Crippen molar-refractivity contribution in [2.75, 3.05) is 19.6 Å². The molecule has 18 heavy (non-hydrogen) atoms. The predicted molar refractivity (Wildman–Crippen MR) is 72.2 cm³/mol. The average molecular weight is 251 g/mol. The zero-order chi connectivity index (χ0) is 13.2. The molecule has 0 aromatic carbocycles. The molecule has 1 aromatic heterocycles. The first-order valence-corrected chi connectivity index (χ1v) is 6.97. The van der Waals surface area contributed by atoms with Gasteiger partial charge in [0.25, 0.3) is 0 Å². The van der Waals surface area contributed by atoms with Gasteiger partial charge in [0.2, 0.25) is 0 Å². The first kappa shape index (κ1) is 13.6. The normalized spacial score (nSPS) is 22.0. The minimum absolute atomic E-state index is 0.732. The molecule has 0 radical (unpaired) electrons. The van der Waals surface area contributed by atoms with E-state index >= 15 is 0 Å². The van der Waals surface area contributed by atoms with Crippen LogP contribution in [0.4, 0.5) is 0 Å². The van der Waals surface area contributed by atoms with Gasteiger partial charge in [-0.1, -0.05) is 20.3 Å². The minimum Gasteiger partial charge on any atom is -0.382 e. The summed E-state index contributed by atoms with van der Waals surface area (Å²) in [6, 6.07) is 0. The molecule has 2 rings (SSSR count). The molecule has 1 N–H and O–H groups in total. The fourth-order valence-corrected chi connectivity index (χ4v) is 2.71. The number of hydrogen-bond acceptors (Lipinski definition) is 3. The van der Waals surface area contributed by atoms with E-state index in [1.165, 1.54) is 6.42 Å². The molecule has 1 aromatic rings. The summed E-state index contributed by atoms with van der Waals surface area (Å²) in [5, 5.41) is 10.7. The summed E-state index contributed by atoms with van der Waals surface area (Å²) in [6.07, 6.45) is 6.46. The van der Waals surface area contributed by atoms with Crippen molar-refractivity contribution >= 4 is 0 Å². The van der Waals surface area contributed by atoms with Crippen LogP contribution in [0.5, 0.6) is 0 Å². The number of hydrogen-bond donors (Lipinski definition) is 1. The van der Waals surface area contributed by atoms with Gasteiger partial charge in [-0.15, -0.1) is 0 Å². The minimum atomic E-state index is -0.732. The SMILES string of the molecule is CCC(C)CN1CCC(O)(c2nccn2C)CC1. The second-order valence-corrected chi connectivity index (χ2v) is 5.71. The Morgan fingerprint density at radius 1 is 1.44 bits per heavy atom. The van der Waals surface area contributed by atoms with Crippen LogP contribution in [0, 0.1) is 5.92 Å². The molecular weight excluding hydrogens is 226 g/mol. The maximum absolute atomic E-state index is 10.7. The molecule has 0 amide bonds. The maximum atomic E-state index is 10.7. The van der Waals surface area contributed by atoms with Crippen LogP contribution in [0.2, 0.25) is 0 Å². The second kappa shape index (κ2) is 5.41. The molecule has 102 valence electrons. The Morgan fingerprint density at radius 3 is 2.61 bits per heavy atom. The summed E-state index contributed by atoms with van der Waals surface area (Å²) in [7, 11) is 1.95. The zero-order valence-electron chi connectivity index (χ0n) is 11.8. The van der Waals surface area contributed by atoms with Crippen LogP contribution in [-0.2, 0) is 12.6 Å². The summed E-state index contributed by atoms with van der Waals surface area (Å²) >= 11 is 0. The standard InChI is InChI=1S/C14H25N3O/c1-4-12(2)11-17-8-5-14(18,6-9-17)13-15-7-10-16(13)3/h7,10,12,18H,4-6,8-9,11H2,1-3H3. The van der Waals surface area contributed by atoms with Crippen LogP contribution in [-0.4, -0.2) is 39.2 Å². The largest absolute Gasteiger partial charge is 0.382 e. The highest BCUT2D eigenvalue weighted by atomic mass is 16.3. The second-order valence-electron chi connectivity index (χ2n) is 5.71. The molecule has 0 spiro atoms. The lowest BCUT2D eigenvalue weighted by Gasteiger charge is -2.38. The third-order valence-electron chi connectivity index (χ3n) is 4.19. The Hall–Kier alpha value is -0.870. The molecule has 1 fully saturated rings. The molecule has 1 aliphatic rings. The topological polar surface area (TPSA) is 41.3 Å². The Morgan fingerprint density at radius 2 is 2.11 bits per heavy atom. The quantitative estimate of drug-likeness (QED) is 0.886. The van der Waals surface area contributed by atoms with Crippen molar-refractivity contribution < 1.29 is 5.11 Å². The Kier molecular flexibility index (Phi) is 4.07. The van der Waals surface area contributed by atoms with E-state index in [0.29, 0.717) is 0 Å². The Balaban J connectivity index is 1.95. The number of piperidine rings is 1. The van der Waals surface area contributed by atoms with Gasteiger partial charge in [0, 0.05) is 39.1 Å². The van der Waals surface area contributed by atoms with Crippen LogP contribution in [0.1, 0.15) is 38.9 Å². The number of aryl methyl sites for hydroxylation is 1. The van der Waals surface area contributed by atoms with Gasteiger partial charge in [0.05, 0.1) is 0 Å². The number of nitrogens with zero attached hydrogens (tertiary/aromatic N) is 3. The average Bonchev–Trinajstić information content (AvgIpc) is 2.79. The summed E-state index contributed by atoms with van der Waals surface area (Å²) in [5.74, 6) is 1.55. The van der Waals surface area contributed by atoms with Crippen LogP contribution in [0.25, 0.3) is 0 Å². The molecule has 0 aliphatic carbocycles. The van der Waals surface area contributed by atoms with Gasteiger partial charge in [0.15, 0.2) is 0 Å². The lowest BCUT2D eigenvalue weighted by molar-refractivity contribution is -0.0371. The zero-order valence-corrected chi connectivity index (χ0v) is 11.8. The molecule has 2 heterocycles. The van der Waals surface area contributed by atoms with E-state index in [0.717, 1.165) is 44.2 Å². The number of aliphatic hydroxyl groups is 1. The van der Waals surface area contributed by atoms with Crippen molar-refractivity contribution in [2.24, 2.45) is 13.0 Å². The van der Waals surface area contributed by atoms with E-state index < -0.39 is 5.60 Å². The van der Waals surface area contributed by atoms with Crippen LogP contribution >= 0.6 is 0 Å². The fraction of sp³-hybridized carbons (Fsp3) is 0.786. The van der Waals surface area contributed by atoms with E-state index in [9.17, 15) is 5.11 Å². The summed E-state index contributed by atoms with van der Waals surface area (Å²) in [6.45, 7) is 7.60. The lowest BCUT2D eigenvalue weighted by atomic mass is 9.90. The summed E-state index contributed by atoms with van der Waals surface area (Å²) in [4.78, 5) is 6.77. The van der Waals surface area contributed by atoms with Crippen LogP contribution in [0.15, 0.2) is 12.4 Å². The molecule has 1 aliphatic heterocycles. The molecule has 1 atom stereocenters. The van der Waals surface area contributed by atoms with Gasteiger partial charge in [0.1, 0.15) is 11.4 Å². The van der Waals surface area contributed by atoms with Crippen molar-refractivity contribution in [3.63, 3.8) is 0 Å². The number of likely N-dealkylation sites (tertiary alicyclic amines) is 1. The maximum Gasteiger partial charge on any atom is 0.140 e. The first-order valence-electron chi connectivity index (χ1n) is 6.97. The third-order valence-corrected chi connectivity index (χ3v) is 4.19. The Bertz CT molecular complexity index is 380. The van der Waals surface area contributed by atoms with E-state index in [-0.39, 0.29) is 0 Å². The van der Waals surface area contributed by atoms with Crippen LogP contribution < -0.4 is 0 Å². The van der Waals surface area contributed by atoms with Crippen molar-refractivity contribution in [3.8, 4) is 0 Å². The highest BCUT2D eigenvalue weighted by molar-refractivity contribution is 5.06. The molecule has 0 bridgehead atoms. The van der Waals surface area contributed by atoms with Gasteiger partial charge < -0.3 is 14.6 Å². The number of aromatic nitrogens is 2. The molecular formula is C14H25N3O. The molecule has 1 unspecified atom stereocenters.